The minimum absolute atomic E-state index is 0.261. The number of aryl methyl sites for hydroxylation is 1. The summed E-state index contributed by atoms with van der Waals surface area (Å²) in [5, 5.41) is 0. The van der Waals surface area contributed by atoms with Crippen LogP contribution in [0.2, 0.25) is 0 Å². The Balaban J connectivity index is 2.51. The summed E-state index contributed by atoms with van der Waals surface area (Å²) in [5.74, 6) is 0.504. The average molecular weight is 280 g/mol. The number of thioether (sulfide) groups is 1. The number of fused-ring (bicyclic) bond motifs is 1. The Labute approximate surface area is 118 Å². The fraction of sp³-hybridized carbons (Fsp3) is 0.533. The standard InChI is InChI=1S/C15H20O3S/c1-4-9-15(19-3,14(16)17-2)13-12-8-6-5-7-11(12)10-18-13/h4,10H,1,5-9H2,2-3H3. The van der Waals surface area contributed by atoms with E-state index in [4.69, 9.17) is 9.15 Å². The van der Waals surface area contributed by atoms with Crippen molar-refractivity contribution in [2.75, 3.05) is 13.4 Å². The Bertz CT molecular complexity index is 478. The molecule has 0 bridgehead atoms. The first kappa shape index (κ1) is 14.3. The van der Waals surface area contributed by atoms with Crippen LogP contribution in [0.1, 0.15) is 36.1 Å². The van der Waals surface area contributed by atoms with Crippen LogP contribution >= 0.6 is 11.8 Å². The molecular formula is C15H20O3S. The second-order valence-corrected chi connectivity index (χ2v) is 5.90. The highest BCUT2D eigenvalue weighted by atomic mass is 32.2. The van der Waals surface area contributed by atoms with Crippen LogP contribution in [0.3, 0.4) is 0 Å². The van der Waals surface area contributed by atoms with E-state index in [1.165, 1.54) is 36.4 Å². The maximum Gasteiger partial charge on any atom is 0.330 e. The van der Waals surface area contributed by atoms with Gasteiger partial charge in [-0.05, 0) is 49.5 Å². The summed E-state index contributed by atoms with van der Waals surface area (Å²) < 4.78 is 10.00. The fourth-order valence-electron chi connectivity index (χ4n) is 2.75. The summed E-state index contributed by atoms with van der Waals surface area (Å²) in [5.41, 5.74) is 2.44. The molecule has 0 aliphatic heterocycles. The van der Waals surface area contributed by atoms with Gasteiger partial charge in [0.15, 0.2) is 4.75 Å². The Morgan fingerprint density at radius 1 is 1.58 bits per heavy atom. The van der Waals surface area contributed by atoms with Gasteiger partial charge < -0.3 is 9.15 Å². The third kappa shape index (κ3) is 2.34. The van der Waals surface area contributed by atoms with Gasteiger partial charge >= 0.3 is 5.97 Å². The summed E-state index contributed by atoms with van der Waals surface area (Å²) in [6.07, 6.45) is 10.4. The number of carbonyl (C=O) groups is 1. The van der Waals surface area contributed by atoms with Crippen LogP contribution in [0.25, 0.3) is 0 Å². The highest BCUT2D eigenvalue weighted by Gasteiger charge is 2.45. The first-order valence-corrected chi connectivity index (χ1v) is 7.76. The number of hydrogen-bond donors (Lipinski definition) is 0. The molecule has 1 unspecified atom stereocenters. The van der Waals surface area contributed by atoms with E-state index in [-0.39, 0.29) is 5.97 Å². The van der Waals surface area contributed by atoms with Crippen LogP contribution in [0.5, 0.6) is 0 Å². The quantitative estimate of drug-likeness (QED) is 0.611. The zero-order valence-electron chi connectivity index (χ0n) is 11.5. The zero-order valence-corrected chi connectivity index (χ0v) is 12.3. The van der Waals surface area contributed by atoms with Crippen molar-refractivity contribution >= 4 is 17.7 Å². The van der Waals surface area contributed by atoms with Gasteiger partial charge in [-0.3, -0.25) is 4.79 Å². The number of ether oxygens (including phenoxy) is 1. The lowest BCUT2D eigenvalue weighted by atomic mass is 9.88. The zero-order chi connectivity index (χ0) is 13.9. The maximum absolute atomic E-state index is 12.3. The van der Waals surface area contributed by atoms with Crippen molar-refractivity contribution in [2.45, 2.75) is 36.9 Å². The Morgan fingerprint density at radius 3 is 2.95 bits per heavy atom. The van der Waals surface area contributed by atoms with E-state index in [0.29, 0.717) is 6.42 Å². The summed E-state index contributed by atoms with van der Waals surface area (Å²) in [6, 6.07) is 0. The monoisotopic (exact) mass is 280 g/mol. The highest BCUT2D eigenvalue weighted by Crippen LogP contribution is 2.44. The molecule has 0 saturated heterocycles. The van der Waals surface area contributed by atoms with E-state index in [9.17, 15) is 4.79 Å². The van der Waals surface area contributed by atoms with E-state index < -0.39 is 4.75 Å². The molecule has 1 aromatic rings. The van der Waals surface area contributed by atoms with Crippen LogP contribution in [-0.2, 0) is 27.1 Å². The van der Waals surface area contributed by atoms with Gasteiger partial charge in [0, 0.05) is 0 Å². The van der Waals surface area contributed by atoms with E-state index in [1.54, 1.807) is 12.3 Å². The predicted octanol–water partition coefficient (Wildman–Crippen LogP) is 3.47. The fourth-order valence-corrected chi connectivity index (χ4v) is 3.65. The number of furan rings is 1. The molecule has 1 aliphatic carbocycles. The average Bonchev–Trinajstić information content (AvgIpc) is 2.88. The molecule has 0 saturated carbocycles. The third-order valence-corrected chi connectivity index (χ3v) is 4.98. The minimum atomic E-state index is -0.790. The molecule has 2 rings (SSSR count). The Kier molecular flexibility index (Phi) is 4.40. The molecule has 1 aromatic heterocycles. The van der Waals surface area contributed by atoms with Crippen molar-refractivity contribution in [1.29, 1.82) is 0 Å². The summed E-state index contributed by atoms with van der Waals surface area (Å²) in [7, 11) is 1.42. The first-order valence-electron chi connectivity index (χ1n) is 6.53. The van der Waals surface area contributed by atoms with E-state index in [0.717, 1.165) is 25.0 Å². The Hall–Kier alpha value is -1.16. The predicted molar refractivity (Wildman–Crippen MR) is 77.4 cm³/mol. The first-order chi connectivity index (χ1) is 9.19. The van der Waals surface area contributed by atoms with Crippen LogP contribution in [0.4, 0.5) is 0 Å². The van der Waals surface area contributed by atoms with E-state index >= 15 is 0 Å². The molecule has 1 heterocycles. The molecular weight excluding hydrogens is 260 g/mol. The third-order valence-electron chi connectivity index (χ3n) is 3.77. The lowest BCUT2D eigenvalue weighted by Gasteiger charge is -2.27. The molecule has 0 radical (unpaired) electrons. The molecule has 104 valence electrons. The van der Waals surface area contributed by atoms with Crippen molar-refractivity contribution in [1.82, 2.24) is 0 Å². The summed E-state index contributed by atoms with van der Waals surface area (Å²) in [6.45, 7) is 3.77. The normalized spacial score (nSPS) is 17.4. The van der Waals surface area contributed by atoms with Crippen molar-refractivity contribution in [2.24, 2.45) is 0 Å². The van der Waals surface area contributed by atoms with Crippen molar-refractivity contribution < 1.29 is 13.9 Å². The number of esters is 1. The maximum atomic E-state index is 12.3. The molecule has 0 fully saturated rings. The number of hydrogen-bond acceptors (Lipinski definition) is 4. The van der Waals surface area contributed by atoms with Gasteiger partial charge in [-0.1, -0.05) is 6.08 Å². The smallest absolute Gasteiger partial charge is 0.330 e. The number of carbonyl (C=O) groups excluding carboxylic acids is 1. The number of allylic oxidation sites excluding steroid dienone is 1. The summed E-state index contributed by atoms with van der Waals surface area (Å²) in [4.78, 5) is 12.3. The molecule has 1 atom stereocenters. The van der Waals surface area contributed by atoms with Gasteiger partial charge in [-0.25, -0.2) is 0 Å². The molecule has 0 N–H and O–H groups in total. The van der Waals surface area contributed by atoms with Crippen LogP contribution in [-0.4, -0.2) is 19.3 Å². The van der Waals surface area contributed by atoms with Gasteiger partial charge in [0.05, 0.1) is 13.4 Å². The van der Waals surface area contributed by atoms with Crippen molar-refractivity contribution in [3.8, 4) is 0 Å². The van der Waals surface area contributed by atoms with Gasteiger partial charge in [0.1, 0.15) is 5.76 Å². The van der Waals surface area contributed by atoms with E-state index in [1.807, 2.05) is 6.26 Å². The van der Waals surface area contributed by atoms with Crippen LogP contribution in [0.15, 0.2) is 23.3 Å². The minimum Gasteiger partial charge on any atom is -0.468 e. The SMILES string of the molecule is C=CCC(SC)(C(=O)OC)c1occ2c1CCCC2. The van der Waals surface area contributed by atoms with Gasteiger partial charge in [0.25, 0.3) is 0 Å². The molecule has 1 aliphatic rings. The van der Waals surface area contributed by atoms with Gasteiger partial charge in [-0.15, -0.1) is 18.3 Å². The molecule has 0 amide bonds. The largest absolute Gasteiger partial charge is 0.468 e. The molecule has 4 heteroatoms. The van der Waals surface area contributed by atoms with Gasteiger partial charge in [-0.2, -0.15) is 0 Å². The highest BCUT2D eigenvalue weighted by molar-refractivity contribution is 8.00. The summed E-state index contributed by atoms with van der Waals surface area (Å²) >= 11 is 1.47. The Morgan fingerprint density at radius 2 is 2.32 bits per heavy atom. The number of methoxy groups -OCH3 is 1. The molecule has 19 heavy (non-hydrogen) atoms. The molecule has 0 aromatic carbocycles. The lowest BCUT2D eigenvalue weighted by Crippen LogP contribution is -2.34. The van der Waals surface area contributed by atoms with E-state index in [2.05, 4.69) is 6.58 Å². The number of rotatable bonds is 5. The van der Waals surface area contributed by atoms with Gasteiger partial charge in [0.2, 0.25) is 0 Å². The van der Waals surface area contributed by atoms with Crippen molar-refractivity contribution in [3.05, 3.63) is 35.8 Å². The molecule has 3 nitrogen and oxygen atoms in total. The van der Waals surface area contributed by atoms with Crippen molar-refractivity contribution in [3.63, 3.8) is 0 Å². The second kappa shape index (κ2) is 5.87. The topological polar surface area (TPSA) is 39.4 Å². The second-order valence-electron chi connectivity index (χ2n) is 4.79. The van der Waals surface area contributed by atoms with Crippen LogP contribution < -0.4 is 0 Å². The van der Waals surface area contributed by atoms with Crippen LogP contribution in [0, 0.1) is 0 Å². The lowest BCUT2D eigenvalue weighted by molar-refractivity contribution is -0.144. The molecule has 0 spiro atoms.